The first kappa shape index (κ1) is 12.2. The van der Waals surface area contributed by atoms with Gasteiger partial charge in [0.25, 0.3) is 0 Å². The predicted octanol–water partition coefficient (Wildman–Crippen LogP) is 2.37. The second kappa shape index (κ2) is 4.19. The molecule has 1 heterocycles. The Morgan fingerprint density at radius 3 is 2.80 bits per heavy atom. The normalized spacial score (nSPS) is 39.0. The lowest BCUT2D eigenvalue weighted by Crippen LogP contribution is -2.43. The van der Waals surface area contributed by atoms with Gasteiger partial charge < -0.3 is 10.0 Å². The number of allylic oxidation sites excluding steroid dienone is 2. The maximum atomic E-state index is 13.1. The molecule has 3 aliphatic rings. The molecule has 1 aromatic rings. The molecule has 3 nitrogen and oxygen atoms in total. The zero-order valence-electron chi connectivity index (χ0n) is 11.4. The average Bonchev–Trinajstić information content (AvgIpc) is 2.92. The number of amides is 1. The van der Waals surface area contributed by atoms with Crippen LogP contribution in [0.4, 0.5) is 5.69 Å². The van der Waals surface area contributed by atoms with E-state index < -0.39 is 0 Å². The van der Waals surface area contributed by atoms with Crippen LogP contribution in [-0.2, 0) is 4.79 Å². The van der Waals surface area contributed by atoms with E-state index in [1.165, 1.54) is 0 Å². The van der Waals surface area contributed by atoms with Crippen molar-refractivity contribution in [3.63, 3.8) is 0 Å². The number of carbonyl (C=O) groups excluding carboxylic acids is 1. The maximum Gasteiger partial charge on any atom is 0.234 e. The molecule has 2 aliphatic carbocycles. The molecule has 0 bridgehead atoms. The molecule has 4 rings (SSSR count). The Bertz CT molecular complexity index is 568. The van der Waals surface area contributed by atoms with E-state index in [-0.39, 0.29) is 23.3 Å². The summed E-state index contributed by atoms with van der Waals surface area (Å²) in [4.78, 5) is 15.0. The largest absolute Gasteiger partial charge is 0.393 e. The van der Waals surface area contributed by atoms with Crippen molar-refractivity contribution in [3.05, 3.63) is 42.5 Å². The number of nitrogens with zero attached hydrogens (tertiary/aromatic N) is 1. The second-order valence-electron chi connectivity index (χ2n) is 6.31. The van der Waals surface area contributed by atoms with Gasteiger partial charge in [-0.05, 0) is 37.3 Å². The average molecular weight is 269 g/mol. The van der Waals surface area contributed by atoms with E-state index >= 15 is 0 Å². The third kappa shape index (κ3) is 1.41. The fourth-order valence-corrected chi connectivity index (χ4v) is 4.56. The van der Waals surface area contributed by atoms with E-state index in [9.17, 15) is 9.90 Å². The summed E-state index contributed by atoms with van der Waals surface area (Å²) in [7, 11) is 0. The lowest BCUT2D eigenvalue weighted by atomic mass is 9.67. The van der Waals surface area contributed by atoms with Crippen molar-refractivity contribution in [2.24, 2.45) is 17.3 Å². The lowest BCUT2D eigenvalue weighted by molar-refractivity contribution is -0.129. The van der Waals surface area contributed by atoms with Crippen molar-refractivity contribution in [2.75, 3.05) is 11.4 Å². The minimum absolute atomic E-state index is 0.110. The fourth-order valence-electron chi connectivity index (χ4n) is 4.56. The van der Waals surface area contributed by atoms with E-state index in [1.54, 1.807) is 0 Å². The first-order chi connectivity index (χ1) is 9.73. The summed E-state index contributed by atoms with van der Waals surface area (Å²) in [5, 5.41) is 10.3. The number of para-hydroxylation sites is 1. The van der Waals surface area contributed by atoms with Gasteiger partial charge in [0.1, 0.15) is 0 Å². The van der Waals surface area contributed by atoms with E-state index in [0.29, 0.717) is 5.92 Å². The van der Waals surface area contributed by atoms with Gasteiger partial charge in [-0.2, -0.15) is 0 Å². The molecule has 2 fully saturated rings. The number of hydrogen-bond acceptors (Lipinski definition) is 2. The summed E-state index contributed by atoms with van der Waals surface area (Å²) in [5.41, 5.74) is 0.647. The van der Waals surface area contributed by atoms with Crippen LogP contribution in [0, 0.1) is 17.3 Å². The molecule has 0 unspecified atom stereocenters. The summed E-state index contributed by atoms with van der Waals surface area (Å²) < 4.78 is 0. The van der Waals surface area contributed by atoms with Crippen molar-refractivity contribution < 1.29 is 9.90 Å². The zero-order chi connectivity index (χ0) is 13.7. The highest BCUT2D eigenvalue weighted by Gasteiger charge is 2.64. The molecular weight excluding hydrogens is 250 g/mol. The summed E-state index contributed by atoms with van der Waals surface area (Å²) in [6.07, 6.45) is 6.34. The van der Waals surface area contributed by atoms with Gasteiger partial charge in [-0.3, -0.25) is 4.79 Å². The Hall–Kier alpha value is -1.61. The number of benzene rings is 1. The lowest BCUT2D eigenvalue weighted by Gasteiger charge is -2.35. The van der Waals surface area contributed by atoms with E-state index in [0.717, 1.165) is 31.5 Å². The van der Waals surface area contributed by atoms with E-state index in [1.807, 2.05) is 35.2 Å². The van der Waals surface area contributed by atoms with Crippen molar-refractivity contribution >= 4 is 11.6 Å². The molecule has 1 aromatic carbocycles. The van der Waals surface area contributed by atoms with Crippen molar-refractivity contribution in [1.29, 1.82) is 0 Å². The molecular formula is C17H19NO2. The Morgan fingerprint density at radius 2 is 2.00 bits per heavy atom. The van der Waals surface area contributed by atoms with Gasteiger partial charge in [-0.1, -0.05) is 30.4 Å². The van der Waals surface area contributed by atoms with Gasteiger partial charge in [-0.25, -0.2) is 0 Å². The Labute approximate surface area is 118 Å². The molecule has 0 aromatic heterocycles. The number of anilines is 1. The number of rotatable bonds is 1. The van der Waals surface area contributed by atoms with Crippen LogP contribution in [0.1, 0.15) is 19.3 Å². The van der Waals surface area contributed by atoms with Crippen molar-refractivity contribution in [3.8, 4) is 0 Å². The fraction of sp³-hybridized carbons (Fsp3) is 0.471. The van der Waals surface area contributed by atoms with Crippen LogP contribution < -0.4 is 4.90 Å². The second-order valence-corrected chi connectivity index (χ2v) is 6.31. The van der Waals surface area contributed by atoms with Gasteiger partial charge >= 0.3 is 0 Å². The highest BCUT2D eigenvalue weighted by Crippen LogP contribution is 2.58. The smallest absolute Gasteiger partial charge is 0.234 e. The van der Waals surface area contributed by atoms with E-state index in [4.69, 9.17) is 0 Å². The summed E-state index contributed by atoms with van der Waals surface area (Å²) in [6.45, 7) is 0.754. The maximum absolute atomic E-state index is 13.1. The molecule has 1 aliphatic heterocycles. The molecule has 20 heavy (non-hydrogen) atoms. The van der Waals surface area contributed by atoms with Gasteiger partial charge in [0, 0.05) is 18.2 Å². The molecule has 1 saturated heterocycles. The third-order valence-corrected chi connectivity index (χ3v) is 5.51. The van der Waals surface area contributed by atoms with Crippen LogP contribution in [-0.4, -0.2) is 23.7 Å². The highest BCUT2D eigenvalue weighted by atomic mass is 16.3. The van der Waals surface area contributed by atoms with Crippen LogP contribution in [0.5, 0.6) is 0 Å². The van der Waals surface area contributed by atoms with Crippen LogP contribution in [0.15, 0.2) is 42.5 Å². The molecule has 0 radical (unpaired) electrons. The molecule has 1 spiro atoms. The molecule has 1 N–H and O–H groups in total. The van der Waals surface area contributed by atoms with Crippen LogP contribution >= 0.6 is 0 Å². The van der Waals surface area contributed by atoms with Crippen LogP contribution in [0.2, 0.25) is 0 Å². The first-order valence-electron chi connectivity index (χ1n) is 7.43. The van der Waals surface area contributed by atoms with Gasteiger partial charge in [0.2, 0.25) is 5.91 Å². The Morgan fingerprint density at radius 1 is 1.20 bits per heavy atom. The molecule has 1 saturated carbocycles. The van der Waals surface area contributed by atoms with Gasteiger partial charge in [-0.15, -0.1) is 0 Å². The topological polar surface area (TPSA) is 40.5 Å². The third-order valence-electron chi connectivity index (χ3n) is 5.51. The highest BCUT2D eigenvalue weighted by molar-refractivity contribution is 6.01. The quantitative estimate of drug-likeness (QED) is 0.795. The van der Waals surface area contributed by atoms with Crippen LogP contribution in [0.25, 0.3) is 0 Å². The number of hydrogen-bond donors (Lipinski definition) is 1. The van der Waals surface area contributed by atoms with Crippen molar-refractivity contribution in [1.82, 2.24) is 0 Å². The van der Waals surface area contributed by atoms with Crippen LogP contribution in [0.3, 0.4) is 0 Å². The summed E-state index contributed by atoms with van der Waals surface area (Å²) in [5.74, 6) is 0.624. The first-order valence-corrected chi connectivity index (χ1v) is 7.43. The van der Waals surface area contributed by atoms with Crippen molar-refractivity contribution in [2.45, 2.75) is 25.4 Å². The Kier molecular flexibility index (Phi) is 2.55. The molecule has 3 heteroatoms. The standard InChI is InChI=1S/C17H19NO2/c19-15-10-12-11-18(13-6-2-1-3-7-13)16(20)17(12)9-5-4-8-14(15)17/h1-7,12,14-15,19H,8-11H2/t12-,14+,15+,17+/m1/s1. The zero-order valence-corrected chi connectivity index (χ0v) is 11.4. The minimum atomic E-state index is -0.343. The number of aliphatic hydroxyl groups excluding tert-OH is 1. The number of carbonyl (C=O) groups is 1. The monoisotopic (exact) mass is 269 g/mol. The van der Waals surface area contributed by atoms with Gasteiger partial charge in [0.15, 0.2) is 0 Å². The number of aliphatic hydroxyl groups is 1. The summed E-state index contributed by atoms with van der Waals surface area (Å²) >= 11 is 0. The SMILES string of the molecule is O=C1N(c2ccccc2)C[C@H]2C[C@H](O)[C@@H]3CC=CC[C@]123. The molecule has 104 valence electrons. The Balaban J connectivity index is 1.75. The summed E-state index contributed by atoms with van der Waals surface area (Å²) in [6, 6.07) is 9.92. The van der Waals surface area contributed by atoms with E-state index in [2.05, 4.69) is 12.2 Å². The van der Waals surface area contributed by atoms with Gasteiger partial charge in [0.05, 0.1) is 11.5 Å². The molecule has 4 atom stereocenters. The molecule has 1 amide bonds. The predicted molar refractivity (Wildman–Crippen MR) is 77.2 cm³/mol. The minimum Gasteiger partial charge on any atom is -0.393 e.